The third kappa shape index (κ3) is 10.3. The summed E-state index contributed by atoms with van der Waals surface area (Å²) >= 11 is 0. The molecule has 4 bridgehead atoms. The van der Waals surface area contributed by atoms with Crippen LogP contribution in [0, 0.1) is 0 Å². The molecular formula is C38H44N2O7. The van der Waals surface area contributed by atoms with Crippen LogP contribution in [0.5, 0.6) is 11.5 Å². The van der Waals surface area contributed by atoms with E-state index in [0.29, 0.717) is 77.9 Å². The lowest BCUT2D eigenvalue weighted by Gasteiger charge is -2.37. The fourth-order valence-electron chi connectivity index (χ4n) is 5.73. The van der Waals surface area contributed by atoms with Crippen molar-refractivity contribution in [2.24, 2.45) is 0 Å². The summed E-state index contributed by atoms with van der Waals surface area (Å²) in [6.07, 6.45) is 5.34. The van der Waals surface area contributed by atoms with Crippen molar-refractivity contribution in [2.45, 2.75) is 50.1 Å². The zero-order valence-electron chi connectivity index (χ0n) is 26.8. The fraction of sp³-hybridized carbons (Fsp3) is 0.421. The van der Waals surface area contributed by atoms with E-state index in [2.05, 4.69) is 58.5 Å². The van der Waals surface area contributed by atoms with Crippen LogP contribution in [-0.2, 0) is 36.9 Å². The van der Waals surface area contributed by atoms with Crippen molar-refractivity contribution >= 4 is 0 Å². The van der Waals surface area contributed by atoms with E-state index in [9.17, 15) is 0 Å². The van der Waals surface area contributed by atoms with E-state index in [-0.39, 0.29) is 12.2 Å². The molecule has 0 N–H and O–H groups in total. The Morgan fingerprint density at radius 1 is 0.511 bits per heavy atom. The molecular weight excluding hydrogens is 596 g/mol. The zero-order chi connectivity index (χ0) is 31.9. The molecule has 0 saturated heterocycles. The summed E-state index contributed by atoms with van der Waals surface area (Å²) in [7, 11) is 0. The number of benzene rings is 2. The molecule has 0 spiro atoms. The highest BCUT2D eigenvalue weighted by atomic mass is 16.6. The van der Waals surface area contributed by atoms with Crippen molar-refractivity contribution in [1.29, 1.82) is 0 Å². The largest absolute Gasteiger partial charge is 0.491 e. The molecule has 1 fully saturated rings. The van der Waals surface area contributed by atoms with Gasteiger partial charge in [0.15, 0.2) is 0 Å². The summed E-state index contributed by atoms with van der Waals surface area (Å²) in [5.41, 5.74) is 4.39. The minimum Gasteiger partial charge on any atom is -0.491 e. The molecule has 2 aromatic carbocycles. The first-order chi connectivity index (χ1) is 23.3. The standard InChI is InChI=1S/C38H44N2O7/c1-3-17-39-31(5-1)23-44-35-25-42-21-19-41-20-22-43-26-36(45-24-32-6-2-4-18-40-32)28-47-34-13-9-30(10-14-34)38-16-15-37(38)29-7-11-33(12-8-29)46-27-35/h1-14,17-18,35-38H,15-16,19-28H2. The second kappa shape index (κ2) is 17.9. The van der Waals surface area contributed by atoms with Crippen LogP contribution in [-0.4, -0.2) is 75.0 Å². The van der Waals surface area contributed by atoms with Crippen LogP contribution in [0.15, 0.2) is 97.3 Å². The molecule has 4 aliphatic rings. The van der Waals surface area contributed by atoms with Gasteiger partial charge in [-0.1, -0.05) is 36.4 Å². The number of pyridine rings is 2. The minimum absolute atomic E-state index is 0.265. The van der Waals surface area contributed by atoms with Crippen molar-refractivity contribution in [3.8, 4) is 11.5 Å². The van der Waals surface area contributed by atoms with E-state index in [1.807, 2.05) is 36.4 Å². The summed E-state index contributed by atoms with van der Waals surface area (Å²) in [4.78, 5) is 8.74. The Hall–Kier alpha value is -3.86. The Morgan fingerprint density at radius 2 is 0.957 bits per heavy atom. The first kappa shape index (κ1) is 33.1. The van der Waals surface area contributed by atoms with Crippen molar-refractivity contribution in [2.75, 3.05) is 52.9 Å². The van der Waals surface area contributed by atoms with E-state index >= 15 is 0 Å². The highest BCUT2D eigenvalue weighted by Gasteiger charge is 2.33. The van der Waals surface area contributed by atoms with Gasteiger partial charge in [-0.2, -0.15) is 0 Å². The monoisotopic (exact) mass is 640 g/mol. The average Bonchev–Trinajstić information content (AvgIpc) is 3.10. The predicted molar refractivity (Wildman–Crippen MR) is 177 cm³/mol. The maximum absolute atomic E-state index is 6.16. The lowest BCUT2D eigenvalue weighted by atomic mass is 9.67. The van der Waals surface area contributed by atoms with Gasteiger partial charge >= 0.3 is 0 Å². The van der Waals surface area contributed by atoms with Crippen LogP contribution < -0.4 is 9.47 Å². The van der Waals surface area contributed by atoms with E-state index in [4.69, 9.17) is 33.2 Å². The van der Waals surface area contributed by atoms with Crippen molar-refractivity contribution < 1.29 is 33.2 Å². The molecule has 5 heterocycles. The van der Waals surface area contributed by atoms with Crippen molar-refractivity contribution in [3.63, 3.8) is 0 Å². The number of nitrogens with zero attached hydrogens (tertiary/aromatic N) is 2. The summed E-state index contributed by atoms with van der Waals surface area (Å²) < 4.78 is 42.2. The van der Waals surface area contributed by atoms with E-state index < -0.39 is 0 Å². The Morgan fingerprint density at radius 3 is 1.36 bits per heavy atom. The second-order valence-electron chi connectivity index (χ2n) is 11.8. The number of hydrogen-bond acceptors (Lipinski definition) is 9. The SMILES string of the molecule is c1ccc(COC2COCCOCCOCC(OCc3ccccn3)COc3ccc(cc3)C3CCC3c3ccc(cc3)OC2)nc1. The van der Waals surface area contributed by atoms with Crippen LogP contribution in [0.1, 0.15) is 47.2 Å². The maximum Gasteiger partial charge on any atom is 0.119 e. The van der Waals surface area contributed by atoms with Gasteiger partial charge < -0.3 is 33.2 Å². The van der Waals surface area contributed by atoms with Crippen LogP contribution in [0.4, 0.5) is 0 Å². The van der Waals surface area contributed by atoms with Gasteiger partial charge in [0.05, 0.1) is 64.2 Å². The van der Waals surface area contributed by atoms with Crippen LogP contribution in [0.2, 0.25) is 0 Å². The summed E-state index contributed by atoms with van der Waals surface area (Å²) in [5.74, 6) is 2.59. The van der Waals surface area contributed by atoms with Gasteiger partial charge in [-0.3, -0.25) is 9.97 Å². The Bertz CT molecular complexity index is 1330. The highest BCUT2D eigenvalue weighted by Crippen LogP contribution is 2.49. The molecule has 1 aliphatic carbocycles. The van der Waals surface area contributed by atoms with Gasteiger partial charge in [0, 0.05) is 12.4 Å². The molecule has 0 radical (unpaired) electrons. The number of aromatic nitrogens is 2. The number of ether oxygens (including phenoxy) is 7. The average molecular weight is 641 g/mol. The predicted octanol–water partition coefficient (Wildman–Crippen LogP) is 6.13. The lowest BCUT2D eigenvalue weighted by Crippen LogP contribution is -2.28. The van der Waals surface area contributed by atoms with E-state index in [0.717, 1.165) is 22.9 Å². The van der Waals surface area contributed by atoms with E-state index in [1.54, 1.807) is 12.4 Å². The molecule has 4 aromatic rings. The van der Waals surface area contributed by atoms with Crippen LogP contribution >= 0.6 is 0 Å². The van der Waals surface area contributed by atoms with Gasteiger partial charge in [0.2, 0.25) is 0 Å². The van der Waals surface area contributed by atoms with Gasteiger partial charge in [0.1, 0.15) is 36.9 Å². The second-order valence-corrected chi connectivity index (χ2v) is 11.8. The molecule has 4 unspecified atom stereocenters. The first-order valence-corrected chi connectivity index (χ1v) is 16.5. The number of fused-ring (bicyclic) bond motifs is 2. The van der Waals surface area contributed by atoms with E-state index in [1.165, 1.54) is 24.0 Å². The molecule has 248 valence electrons. The Kier molecular flexibility index (Phi) is 12.6. The normalized spacial score (nSPS) is 22.9. The quantitative estimate of drug-likeness (QED) is 0.247. The molecule has 2 aromatic heterocycles. The van der Waals surface area contributed by atoms with Gasteiger partial charge in [0.25, 0.3) is 0 Å². The fourth-order valence-corrected chi connectivity index (χ4v) is 5.73. The van der Waals surface area contributed by atoms with Crippen molar-refractivity contribution in [1.82, 2.24) is 9.97 Å². The molecule has 9 heteroatoms. The molecule has 47 heavy (non-hydrogen) atoms. The van der Waals surface area contributed by atoms with Gasteiger partial charge in [-0.05, 0) is 84.3 Å². The molecule has 8 rings (SSSR count). The summed E-state index contributed by atoms with van der Waals surface area (Å²) in [5, 5.41) is 0. The van der Waals surface area contributed by atoms with Crippen LogP contribution in [0.25, 0.3) is 0 Å². The third-order valence-corrected chi connectivity index (χ3v) is 8.50. The molecule has 1 saturated carbocycles. The molecule has 4 atom stereocenters. The maximum atomic E-state index is 6.16. The minimum atomic E-state index is -0.265. The lowest BCUT2D eigenvalue weighted by molar-refractivity contribution is -0.0669. The van der Waals surface area contributed by atoms with Crippen LogP contribution in [0.3, 0.4) is 0 Å². The van der Waals surface area contributed by atoms with Gasteiger partial charge in [-0.15, -0.1) is 0 Å². The molecule has 3 aliphatic heterocycles. The third-order valence-electron chi connectivity index (χ3n) is 8.50. The van der Waals surface area contributed by atoms with Crippen molar-refractivity contribution in [3.05, 3.63) is 120 Å². The summed E-state index contributed by atoms with van der Waals surface area (Å²) in [6, 6.07) is 28.6. The number of hydrogen-bond donors (Lipinski definition) is 0. The smallest absolute Gasteiger partial charge is 0.119 e. The van der Waals surface area contributed by atoms with Gasteiger partial charge in [-0.25, -0.2) is 0 Å². The highest BCUT2D eigenvalue weighted by molar-refractivity contribution is 5.37. The zero-order valence-corrected chi connectivity index (χ0v) is 26.8. The topological polar surface area (TPSA) is 90.4 Å². The molecule has 9 nitrogen and oxygen atoms in total. The number of rotatable bonds is 6. The molecule has 0 amide bonds. The summed E-state index contributed by atoms with van der Waals surface area (Å²) in [6.45, 7) is 4.01. The Balaban J connectivity index is 1.10. The Labute approximate surface area is 277 Å². The first-order valence-electron chi connectivity index (χ1n) is 16.5.